The minimum absolute atomic E-state index is 0.0105. The van der Waals surface area contributed by atoms with Crippen molar-refractivity contribution in [3.05, 3.63) is 23.2 Å². The predicted octanol–water partition coefficient (Wildman–Crippen LogP) is 5.55. The van der Waals surface area contributed by atoms with Gasteiger partial charge < -0.3 is 19.1 Å². The second-order valence-electron chi connectivity index (χ2n) is 8.15. The van der Waals surface area contributed by atoms with Gasteiger partial charge in [-0.15, -0.1) is 13.2 Å². The Hall–Kier alpha value is -1.83. The normalized spacial score (nSPS) is 24.8. The van der Waals surface area contributed by atoms with E-state index >= 15 is 0 Å². The van der Waals surface area contributed by atoms with Gasteiger partial charge in [-0.1, -0.05) is 11.6 Å². The van der Waals surface area contributed by atoms with E-state index in [1.54, 1.807) is 4.90 Å². The summed E-state index contributed by atoms with van der Waals surface area (Å²) in [5.41, 5.74) is -0.570. The van der Waals surface area contributed by atoms with Crippen molar-refractivity contribution in [1.29, 1.82) is 0 Å². The highest BCUT2D eigenvalue weighted by Crippen LogP contribution is 2.39. The fourth-order valence-electron chi connectivity index (χ4n) is 3.83. The Morgan fingerprint density at radius 2 is 1.64 bits per heavy atom. The van der Waals surface area contributed by atoms with Gasteiger partial charge in [0.05, 0.1) is 0 Å². The molecule has 2 heterocycles. The number of carbonyl (C=O) groups excluding carboxylic acids is 1. The standard InChI is InChI=1S/C19H23ClF3NO4/c1-18(2,3)28-17(25)24-12-4-5-13(24)9-15(8-12)26-14-6-11(20)7-16(10-14)27-19(21,22)23/h6-7,10,12-13,15H,4-5,8-9H2,1-3H3/t12-,13+,15+. The number of piperidine rings is 1. The lowest BCUT2D eigenvalue weighted by Crippen LogP contribution is -2.50. The molecule has 0 spiro atoms. The van der Waals surface area contributed by atoms with Gasteiger partial charge in [0.2, 0.25) is 0 Å². The predicted molar refractivity (Wildman–Crippen MR) is 96.7 cm³/mol. The number of carbonyl (C=O) groups is 1. The molecule has 0 N–H and O–H groups in total. The molecule has 2 aliphatic heterocycles. The van der Waals surface area contributed by atoms with Crippen LogP contribution in [0, 0.1) is 0 Å². The van der Waals surface area contributed by atoms with Crippen molar-refractivity contribution < 1.29 is 32.2 Å². The number of ether oxygens (including phenoxy) is 3. The van der Waals surface area contributed by atoms with E-state index in [0.717, 1.165) is 18.9 Å². The van der Waals surface area contributed by atoms with Gasteiger partial charge in [0.25, 0.3) is 0 Å². The summed E-state index contributed by atoms with van der Waals surface area (Å²) in [7, 11) is 0. The maximum Gasteiger partial charge on any atom is 0.573 e. The quantitative estimate of drug-likeness (QED) is 0.642. The Bertz CT molecular complexity index is 721. The fraction of sp³-hybridized carbons (Fsp3) is 0.632. The number of benzene rings is 1. The Morgan fingerprint density at radius 1 is 1.07 bits per heavy atom. The van der Waals surface area contributed by atoms with Crippen LogP contribution in [-0.4, -0.2) is 41.1 Å². The van der Waals surface area contributed by atoms with Crippen molar-refractivity contribution in [1.82, 2.24) is 4.90 Å². The third-order valence-electron chi connectivity index (χ3n) is 4.68. The molecule has 1 amide bonds. The third kappa shape index (κ3) is 5.37. The van der Waals surface area contributed by atoms with Gasteiger partial charge in [0, 0.05) is 36.0 Å². The van der Waals surface area contributed by atoms with Crippen LogP contribution >= 0.6 is 11.6 Å². The highest BCUT2D eigenvalue weighted by atomic mass is 35.5. The summed E-state index contributed by atoms with van der Waals surface area (Å²) in [6, 6.07) is 3.68. The minimum Gasteiger partial charge on any atom is -0.490 e. The summed E-state index contributed by atoms with van der Waals surface area (Å²) in [6.07, 6.45) is -2.51. The molecule has 1 aromatic carbocycles. The van der Waals surface area contributed by atoms with Gasteiger partial charge in [0.1, 0.15) is 23.2 Å². The van der Waals surface area contributed by atoms with Crippen LogP contribution in [-0.2, 0) is 4.74 Å². The van der Waals surface area contributed by atoms with Gasteiger partial charge in [0.15, 0.2) is 0 Å². The highest BCUT2D eigenvalue weighted by molar-refractivity contribution is 6.30. The molecule has 0 aliphatic carbocycles. The zero-order valence-corrected chi connectivity index (χ0v) is 16.6. The van der Waals surface area contributed by atoms with E-state index < -0.39 is 17.7 Å². The van der Waals surface area contributed by atoms with E-state index in [9.17, 15) is 18.0 Å². The summed E-state index contributed by atoms with van der Waals surface area (Å²) in [6.45, 7) is 5.47. The van der Waals surface area contributed by atoms with Crippen molar-refractivity contribution in [2.75, 3.05) is 0 Å². The van der Waals surface area contributed by atoms with E-state index in [1.165, 1.54) is 12.1 Å². The van der Waals surface area contributed by atoms with Gasteiger partial charge >= 0.3 is 12.5 Å². The van der Waals surface area contributed by atoms with E-state index in [0.29, 0.717) is 12.8 Å². The topological polar surface area (TPSA) is 48.0 Å². The Balaban J connectivity index is 1.66. The first kappa shape index (κ1) is 20.9. The number of hydrogen-bond acceptors (Lipinski definition) is 4. The third-order valence-corrected chi connectivity index (χ3v) is 4.89. The van der Waals surface area contributed by atoms with Crippen molar-refractivity contribution in [3.63, 3.8) is 0 Å². The summed E-state index contributed by atoms with van der Waals surface area (Å²) in [5.74, 6) is -0.217. The van der Waals surface area contributed by atoms with Crippen LogP contribution in [0.1, 0.15) is 46.5 Å². The van der Waals surface area contributed by atoms with E-state index in [1.807, 2.05) is 20.8 Å². The van der Waals surface area contributed by atoms with Crippen LogP contribution in [0.25, 0.3) is 0 Å². The molecule has 156 valence electrons. The summed E-state index contributed by atoms with van der Waals surface area (Å²) < 4.78 is 52.7. The van der Waals surface area contributed by atoms with E-state index in [-0.39, 0.29) is 35.1 Å². The molecule has 0 saturated carbocycles. The molecule has 2 fully saturated rings. The first-order valence-electron chi connectivity index (χ1n) is 9.14. The number of alkyl halides is 3. The molecule has 0 radical (unpaired) electrons. The lowest BCUT2D eigenvalue weighted by atomic mass is 10.00. The van der Waals surface area contributed by atoms with Gasteiger partial charge in [-0.2, -0.15) is 0 Å². The van der Waals surface area contributed by atoms with Crippen LogP contribution < -0.4 is 9.47 Å². The molecule has 2 bridgehead atoms. The van der Waals surface area contributed by atoms with Crippen LogP contribution in [0.15, 0.2) is 18.2 Å². The first-order valence-corrected chi connectivity index (χ1v) is 9.52. The van der Waals surface area contributed by atoms with Crippen molar-refractivity contribution in [2.24, 2.45) is 0 Å². The van der Waals surface area contributed by atoms with Crippen LogP contribution in [0.5, 0.6) is 11.5 Å². The highest BCUT2D eigenvalue weighted by Gasteiger charge is 2.45. The molecule has 2 aliphatic rings. The molecular weight excluding hydrogens is 399 g/mol. The second kappa shape index (κ2) is 7.54. The number of nitrogens with zero attached hydrogens (tertiary/aromatic N) is 1. The van der Waals surface area contributed by atoms with Crippen LogP contribution in [0.2, 0.25) is 5.02 Å². The van der Waals surface area contributed by atoms with Crippen molar-refractivity contribution in [3.8, 4) is 11.5 Å². The maximum absolute atomic E-state index is 12.5. The average Bonchev–Trinajstić information content (AvgIpc) is 2.75. The summed E-state index contributed by atoms with van der Waals surface area (Å²) >= 11 is 5.90. The first-order chi connectivity index (χ1) is 12.9. The molecule has 28 heavy (non-hydrogen) atoms. The van der Waals surface area contributed by atoms with Gasteiger partial charge in [-0.05, 0) is 45.7 Å². The number of amides is 1. The largest absolute Gasteiger partial charge is 0.573 e. The van der Waals surface area contributed by atoms with Crippen LogP contribution in [0.3, 0.4) is 0 Å². The molecular formula is C19H23ClF3NO4. The number of fused-ring (bicyclic) bond motifs is 2. The molecule has 0 aromatic heterocycles. The molecule has 9 heteroatoms. The molecule has 5 nitrogen and oxygen atoms in total. The molecule has 3 rings (SSSR count). The van der Waals surface area contributed by atoms with Crippen molar-refractivity contribution in [2.45, 2.75) is 76.6 Å². The van der Waals surface area contributed by atoms with Gasteiger partial charge in [-0.25, -0.2) is 4.79 Å². The van der Waals surface area contributed by atoms with Gasteiger partial charge in [-0.3, -0.25) is 0 Å². The number of hydrogen-bond donors (Lipinski definition) is 0. The Morgan fingerprint density at radius 3 is 2.18 bits per heavy atom. The Labute approximate surface area is 166 Å². The SMILES string of the molecule is CC(C)(C)OC(=O)N1[C@@H]2CC[C@H]1C[C@@H](Oc1cc(Cl)cc(OC(F)(F)F)c1)C2. The van der Waals surface area contributed by atoms with Crippen LogP contribution in [0.4, 0.5) is 18.0 Å². The number of rotatable bonds is 3. The van der Waals surface area contributed by atoms with E-state index in [2.05, 4.69) is 4.74 Å². The smallest absolute Gasteiger partial charge is 0.490 e. The molecule has 2 saturated heterocycles. The summed E-state index contributed by atoms with van der Waals surface area (Å²) in [5, 5.41) is 0.0888. The second-order valence-corrected chi connectivity index (χ2v) is 8.59. The maximum atomic E-state index is 12.5. The zero-order chi connectivity index (χ0) is 20.7. The Kier molecular flexibility index (Phi) is 5.62. The monoisotopic (exact) mass is 421 g/mol. The van der Waals surface area contributed by atoms with Crippen molar-refractivity contribution >= 4 is 17.7 Å². The lowest BCUT2D eigenvalue weighted by molar-refractivity contribution is -0.274. The number of halogens is 4. The summed E-state index contributed by atoms with van der Waals surface area (Å²) in [4.78, 5) is 14.3. The molecule has 3 atom stereocenters. The fourth-order valence-corrected chi connectivity index (χ4v) is 4.04. The lowest BCUT2D eigenvalue weighted by Gasteiger charge is -2.39. The molecule has 1 aromatic rings. The zero-order valence-electron chi connectivity index (χ0n) is 15.9. The minimum atomic E-state index is -4.81. The van der Waals surface area contributed by atoms with E-state index in [4.69, 9.17) is 21.1 Å². The molecule has 0 unspecified atom stereocenters. The average molecular weight is 422 g/mol.